The van der Waals surface area contributed by atoms with Gasteiger partial charge in [-0.05, 0) is 35.4 Å². The van der Waals surface area contributed by atoms with E-state index in [1.807, 2.05) is 24.3 Å². The summed E-state index contributed by atoms with van der Waals surface area (Å²) in [5.74, 6) is 1.65. The van der Waals surface area contributed by atoms with Gasteiger partial charge in [0, 0.05) is 23.9 Å². The summed E-state index contributed by atoms with van der Waals surface area (Å²) >= 11 is 0. The quantitative estimate of drug-likeness (QED) is 0.849. The fourth-order valence-electron chi connectivity index (χ4n) is 2.32. The van der Waals surface area contributed by atoms with Crippen LogP contribution in [0, 0.1) is 0 Å². The Hall–Kier alpha value is -1.84. The maximum absolute atomic E-state index is 5.92. The molecule has 0 spiro atoms. The third kappa shape index (κ3) is 4.12. The van der Waals surface area contributed by atoms with Gasteiger partial charge >= 0.3 is 0 Å². The average Bonchev–Trinajstić information content (AvgIpc) is 2.56. The fourth-order valence-corrected chi connectivity index (χ4v) is 2.32. The summed E-state index contributed by atoms with van der Waals surface area (Å²) in [6.07, 6.45) is 0. The van der Waals surface area contributed by atoms with E-state index in [4.69, 9.17) is 16.2 Å². The number of ether oxygens (including phenoxy) is 1. The first kappa shape index (κ1) is 17.5. The van der Waals surface area contributed by atoms with Gasteiger partial charge in [-0.1, -0.05) is 52.0 Å². The monoisotopic (exact) mass is 312 g/mol. The molecule has 0 heterocycles. The Morgan fingerprint density at radius 3 is 1.22 bits per heavy atom. The molecule has 0 amide bonds. The summed E-state index contributed by atoms with van der Waals surface area (Å²) in [5.41, 5.74) is 14.0. The molecule has 0 fully saturated rings. The van der Waals surface area contributed by atoms with Crippen LogP contribution < -0.4 is 16.2 Å². The van der Waals surface area contributed by atoms with Crippen molar-refractivity contribution in [3.63, 3.8) is 0 Å². The van der Waals surface area contributed by atoms with Gasteiger partial charge in [0.2, 0.25) is 0 Å². The van der Waals surface area contributed by atoms with Crippen molar-refractivity contribution in [2.75, 3.05) is 13.1 Å². The number of rotatable bonds is 6. The van der Waals surface area contributed by atoms with E-state index < -0.39 is 0 Å². The van der Waals surface area contributed by atoms with E-state index in [1.54, 1.807) is 0 Å². The second kappa shape index (κ2) is 6.73. The third-order valence-electron chi connectivity index (χ3n) is 4.53. The molecule has 0 bridgehead atoms. The normalized spacial score (nSPS) is 12.3. The highest BCUT2D eigenvalue weighted by Crippen LogP contribution is 2.28. The van der Waals surface area contributed by atoms with E-state index in [-0.39, 0.29) is 10.8 Å². The Morgan fingerprint density at radius 1 is 0.652 bits per heavy atom. The smallest absolute Gasteiger partial charge is 0.127 e. The molecule has 0 unspecified atom stereocenters. The van der Waals surface area contributed by atoms with Crippen LogP contribution in [0.3, 0.4) is 0 Å². The van der Waals surface area contributed by atoms with Crippen LogP contribution in [0.5, 0.6) is 11.5 Å². The first-order chi connectivity index (χ1) is 10.8. The molecular formula is C20H28N2O. The van der Waals surface area contributed by atoms with Crippen molar-refractivity contribution < 1.29 is 4.74 Å². The molecule has 4 N–H and O–H groups in total. The molecule has 2 aromatic carbocycles. The first-order valence-electron chi connectivity index (χ1n) is 8.07. The minimum Gasteiger partial charge on any atom is -0.457 e. The molecule has 3 nitrogen and oxygen atoms in total. The number of benzene rings is 2. The lowest BCUT2D eigenvalue weighted by molar-refractivity contribution is 0.478. The molecule has 3 heteroatoms. The van der Waals surface area contributed by atoms with E-state index in [2.05, 4.69) is 52.0 Å². The van der Waals surface area contributed by atoms with Gasteiger partial charge in [0.1, 0.15) is 11.5 Å². The van der Waals surface area contributed by atoms with E-state index in [9.17, 15) is 0 Å². The molecule has 0 aliphatic rings. The molecule has 0 aliphatic heterocycles. The predicted molar refractivity (Wildman–Crippen MR) is 97.1 cm³/mol. The van der Waals surface area contributed by atoms with Crippen LogP contribution in [0.1, 0.15) is 38.8 Å². The van der Waals surface area contributed by atoms with Crippen LogP contribution in [-0.4, -0.2) is 13.1 Å². The van der Waals surface area contributed by atoms with Crippen molar-refractivity contribution >= 4 is 0 Å². The highest BCUT2D eigenvalue weighted by molar-refractivity contribution is 5.37. The Kier molecular flexibility index (Phi) is 5.12. The molecule has 0 atom stereocenters. The topological polar surface area (TPSA) is 61.3 Å². The van der Waals surface area contributed by atoms with Crippen LogP contribution in [-0.2, 0) is 10.8 Å². The zero-order valence-corrected chi connectivity index (χ0v) is 14.6. The van der Waals surface area contributed by atoms with Gasteiger partial charge in [0.05, 0.1) is 0 Å². The summed E-state index contributed by atoms with van der Waals surface area (Å²) in [7, 11) is 0. The average molecular weight is 312 g/mol. The Morgan fingerprint density at radius 2 is 0.957 bits per heavy atom. The van der Waals surface area contributed by atoms with Gasteiger partial charge in [-0.3, -0.25) is 0 Å². The van der Waals surface area contributed by atoms with Crippen LogP contribution in [0.25, 0.3) is 0 Å². The minimum absolute atomic E-state index is 0.0199. The van der Waals surface area contributed by atoms with Gasteiger partial charge in [-0.15, -0.1) is 0 Å². The van der Waals surface area contributed by atoms with Crippen molar-refractivity contribution in [3.05, 3.63) is 59.7 Å². The first-order valence-corrected chi connectivity index (χ1v) is 8.07. The maximum atomic E-state index is 5.92. The number of hydrogen-bond acceptors (Lipinski definition) is 3. The van der Waals surface area contributed by atoms with Gasteiger partial charge in [-0.25, -0.2) is 0 Å². The third-order valence-corrected chi connectivity index (χ3v) is 4.53. The molecule has 23 heavy (non-hydrogen) atoms. The van der Waals surface area contributed by atoms with Crippen LogP contribution in [0.2, 0.25) is 0 Å². The Bertz CT molecular complexity index is 570. The lowest BCUT2D eigenvalue weighted by Gasteiger charge is -2.23. The van der Waals surface area contributed by atoms with Crippen molar-refractivity contribution in [2.24, 2.45) is 11.5 Å². The number of hydrogen-bond donors (Lipinski definition) is 2. The van der Waals surface area contributed by atoms with Gasteiger partial charge in [-0.2, -0.15) is 0 Å². The molecule has 0 aliphatic carbocycles. The van der Waals surface area contributed by atoms with E-state index in [0.717, 1.165) is 11.5 Å². The fraction of sp³-hybridized carbons (Fsp3) is 0.400. The lowest BCUT2D eigenvalue weighted by Crippen LogP contribution is -2.27. The Balaban J connectivity index is 2.11. The summed E-state index contributed by atoms with van der Waals surface area (Å²) in [4.78, 5) is 0. The van der Waals surface area contributed by atoms with Crippen molar-refractivity contribution in [1.82, 2.24) is 0 Å². The van der Waals surface area contributed by atoms with Crippen molar-refractivity contribution in [1.29, 1.82) is 0 Å². The number of nitrogens with two attached hydrogens (primary N) is 2. The molecule has 124 valence electrons. The molecule has 0 saturated carbocycles. The zero-order chi connectivity index (χ0) is 17.1. The minimum atomic E-state index is -0.0199. The van der Waals surface area contributed by atoms with Gasteiger partial charge in [0.15, 0.2) is 0 Å². The van der Waals surface area contributed by atoms with Crippen LogP contribution in [0.4, 0.5) is 0 Å². The molecule has 2 rings (SSSR count). The lowest BCUT2D eigenvalue weighted by atomic mass is 9.85. The molecule has 0 saturated heterocycles. The summed E-state index contributed by atoms with van der Waals surface area (Å²) < 4.78 is 5.92. The van der Waals surface area contributed by atoms with E-state index in [0.29, 0.717) is 13.1 Å². The molecular weight excluding hydrogens is 284 g/mol. The van der Waals surface area contributed by atoms with Crippen LogP contribution >= 0.6 is 0 Å². The summed E-state index contributed by atoms with van der Waals surface area (Å²) in [6.45, 7) is 9.79. The molecule has 0 aromatic heterocycles. The maximum Gasteiger partial charge on any atom is 0.127 e. The standard InChI is InChI=1S/C20H28N2O/c1-19(2,13-21)15-5-9-17(10-6-15)23-18-11-7-16(8-12-18)20(3,4)14-22/h5-12H,13-14,21-22H2,1-4H3. The highest BCUT2D eigenvalue weighted by Gasteiger charge is 2.19. The van der Waals surface area contributed by atoms with Crippen molar-refractivity contribution in [3.8, 4) is 11.5 Å². The zero-order valence-electron chi connectivity index (χ0n) is 14.6. The second-order valence-electron chi connectivity index (χ2n) is 7.33. The summed E-state index contributed by atoms with van der Waals surface area (Å²) in [5, 5.41) is 0. The largest absolute Gasteiger partial charge is 0.457 e. The van der Waals surface area contributed by atoms with E-state index in [1.165, 1.54) is 11.1 Å². The highest BCUT2D eigenvalue weighted by atomic mass is 16.5. The van der Waals surface area contributed by atoms with Crippen molar-refractivity contribution in [2.45, 2.75) is 38.5 Å². The molecule has 2 aromatic rings. The second-order valence-corrected chi connectivity index (χ2v) is 7.33. The van der Waals surface area contributed by atoms with Gasteiger partial charge < -0.3 is 16.2 Å². The SMILES string of the molecule is CC(C)(CN)c1ccc(Oc2ccc(C(C)(C)CN)cc2)cc1. The molecule has 0 radical (unpaired) electrons. The van der Waals surface area contributed by atoms with E-state index >= 15 is 0 Å². The van der Waals surface area contributed by atoms with Gasteiger partial charge in [0.25, 0.3) is 0 Å². The Labute approximate surface area is 139 Å². The predicted octanol–water partition coefficient (Wildman–Crippen LogP) is 3.95. The summed E-state index contributed by atoms with van der Waals surface area (Å²) in [6, 6.07) is 16.3. The van der Waals surface area contributed by atoms with Crippen LogP contribution in [0.15, 0.2) is 48.5 Å².